The van der Waals surface area contributed by atoms with E-state index in [1.165, 1.54) is 0 Å². The minimum atomic E-state index is -0.0578. The van der Waals surface area contributed by atoms with Gasteiger partial charge in [-0.25, -0.2) is 0 Å². The van der Waals surface area contributed by atoms with Gasteiger partial charge in [0.15, 0.2) is 11.0 Å². The Labute approximate surface area is 172 Å². The summed E-state index contributed by atoms with van der Waals surface area (Å²) in [6.45, 7) is 4.83. The van der Waals surface area contributed by atoms with Crippen LogP contribution in [0, 0.1) is 0 Å². The fraction of sp³-hybridized carbons (Fsp3) is 0.200. The summed E-state index contributed by atoms with van der Waals surface area (Å²) in [7, 11) is 0. The molecule has 4 aromatic rings. The Hall–Kier alpha value is -2.64. The van der Waals surface area contributed by atoms with E-state index >= 15 is 0 Å². The van der Waals surface area contributed by atoms with E-state index in [0.29, 0.717) is 16.8 Å². The number of halogens is 1. The van der Waals surface area contributed by atoms with Crippen molar-refractivity contribution < 1.29 is 4.42 Å². The van der Waals surface area contributed by atoms with E-state index in [-0.39, 0.29) is 5.25 Å². The highest BCUT2D eigenvalue weighted by Crippen LogP contribution is 2.35. The van der Waals surface area contributed by atoms with Crippen LogP contribution in [0.2, 0.25) is 5.02 Å². The van der Waals surface area contributed by atoms with Crippen molar-refractivity contribution in [2.75, 3.05) is 0 Å². The minimum Gasteiger partial charge on any atom is -0.419 e. The molecule has 0 radical (unpaired) electrons. The summed E-state index contributed by atoms with van der Waals surface area (Å²) in [6.07, 6.45) is 0. The van der Waals surface area contributed by atoms with Crippen LogP contribution in [-0.4, -0.2) is 25.0 Å². The molecule has 6 nitrogen and oxygen atoms in total. The monoisotopic (exact) mass is 411 g/mol. The molecule has 0 bridgehead atoms. The molecule has 0 aliphatic rings. The number of rotatable bonds is 6. The smallest absolute Gasteiger partial charge is 0.247 e. The number of thioether (sulfide) groups is 1. The first-order valence-corrected chi connectivity index (χ1v) is 10.2. The summed E-state index contributed by atoms with van der Waals surface area (Å²) >= 11 is 7.53. The van der Waals surface area contributed by atoms with E-state index in [2.05, 4.69) is 31.9 Å². The summed E-state index contributed by atoms with van der Waals surface area (Å²) in [4.78, 5) is 0. The summed E-state index contributed by atoms with van der Waals surface area (Å²) in [5.41, 5.74) is 1.88. The van der Waals surface area contributed by atoms with Gasteiger partial charge in [0.25, 0.3) is 0 Å². The molecule has 2 aromatic carbocycles. The van der Waals surface area contributed by atoms with Gasteiger partial charge in [0.05, 0.1) is 5.25 Å². The maximum Gasteiger partial charge on any atom is 0.247 e. The van der Waals surface area contributed by atoms with Crippen molar-refractivity contribution in [2.24, 2.45) is 0 Å². The predicted molar refractivity (Wildman–Crippen MR) is 110 cm³/mol. The third-order valence-corrected chi connectivity index (χ3v) is 5.55. The van der Waals surface area contributed by atoms with Gasteiger partial charge in [-0.05, 0) is 50.2 Å². The molecule has 0 fully saturated rings. The standard InChI is InChI=1S/C20H18ClN5OS/c1-3-26-17(14-9-11-16(21)12-10-14)22-25-20(26)28-13(2)18-23-24-19(27-18)15-7-5-4-6-8-15/h4-13H,3H2,1-2H3/t13-/m0/s1. The van der Waals surface area contributed by atoms with Crippen molar-refractivity contribution in [3.8, 4) is 22.8 Å². The highest BCUT2D eigenvalue weighted by molar-refractivity contribution is 7.99. The average Bonchev–Trinajstić information content (AvgIpc) is 3.36. The lowest BCUT2D eigenvalue weighted by Gasteiger charge is -2.09. The van der Waals surface area contributed by atoms with E-state index in [4.69, 9.17) is 16.0 Å². The lowest BCUT2D eigenvalue weighted by molar-refractivity contribution is 0.508. The van der Waals surface area contributed by atoms with Crippen molar-refractivity contribution in [3.05, 3.63) is 65.5 Å². The van der Waals surface area contributed by atoms with Crippen molar-refractivity contribution in [1.29, 1.82) is 0 Å². The van der Waals surface area contributed by atoms with Crippen molar-refractivity contribution in [2.45, 2.75) is 30.8 Å². The Morgan fingerprint density at radius 2 is 1.71 bits per heavy atom. The molecule has 4 rings (SSSR count). The van der Waals surface area contributed by atoms with Crippen molar-refractivity contribution in [3.63, 3.8) is 0 Å². The Balaban J connectivity index is 1.56. The highest BCUT2D eigenvalue weighted by atomic mass is 35.5. The highest BCUT2D eigenvalue weighted by Gasteiger charge is 2.21. The van der Waals surface area contributed by atoms with Crippen molar-refractivity contribution >= 4 is 23.4 Å². The van der Waals surface area contributed by atoms with Gasteiger partial charge in [0.1, 0.15) is 0 Å². The van der Waals surface area contributed by atoms with Gasteiger partial charge in [-0.1, -0.05) is 41.6 Å². The van der Waals surface area contributed by atoms with Crippen LogP contribution in [0.3, 0.4) is 0 Å². The molecule has 0 N–H and O–H groups in total. The van der Waals surface area contributed by atoms with Gasteiger partial charge in [0, 0.05) is 22.7 Å². The molecule has 0 aliphatic carbocycles. The maximum absolute atomic E-state index is 5.99. The molecule has 0 unspecified atom stereocenters. The first-order valence-electron chi connectivity index (χ1n) is 8.90. The fourth-order valence-corrected chi connectivity index (χ4v) is 3.85. The molecule has 0 saturated carbocycles. The summed E-state index contributed by atoms with van der Waals surface area (Å²) in [5, 5.41) is 18.6. The number of benzene rings is 2. The number of nitrogens with zero attached hydrogens (tertiary/aromatic N) is 5. The fourth-order valence-electron chi connectivity index (χ4n) is 2.78. The predicted octanol–water partition coefficient (Wildman–Crippen LogP) is 5.52. The molecule has 2 aromatic heterocycles. The Bertz CT molecular complexity index is 1060. The van der Waals surface area contributed by atoms with E-state index in [1.807, 2.05) is 61.5 Å². The van der Waals surface area contributed by atoms with Gasteiger partial charge < -0.3 is 8.98 Å². The van der Waals surface area contributed by atoms with Crippen LogP contribution in [0.5, 0.6) is 0 Å². The van der Waals surface area contributed by atoms with E-state index in [1.54, 1.807) is 11.8 Å². The van der Waals surface area contributed by atoms with Crippen molar-refractivity contribution in [1.82, 2.24) is 25.0 Å². The quantitative estimate of drug-likeness (QED) is 0.389. The number of hydrogen-bond donors (Lipinski definition) is 0. The lowest BCUT2D eigenvalue weighted by atomic mass is 10.2. The Morgan fingerprint density at radius 1 is 0.964 bits per heavy atom. The normalized spacial score (nSPS) is 12.2. The van der Waals surface area contributed by atoms with Gasteiger partial charge in [0.2, 0.25) is 11.8 Å². The zero-order chi connectivity index (χ0) is 19.5. The molecule has 0 amide bonds. The van der Waals surface area contributed by atoms with E-state index in [0.717, 1.165) is 28.7 Å². The second-order valence-corrected chi connectivity index (χ2v) is 7.87. The third-order valence-electron chi connectivity index (χ3n) is 4.23. The van der Waals surface area contributed by atoms with Gasteiger partial charge >= 0.3 is 0 Å². The molecular formula is C20H18ClN5OS. The second kappa shape index (κ2) is 8.16. The largest absolute Gasteiger partial charge is 0.419 e. The first-order chi connectivity index (χ1) is 13.7. The molecule has 0 saturated heterocycles. The third kappa shape index (κ3) is 3.81. The second-order valence-electron chi connectivity index (χ2n) is 6.13. The van der Waals surface area contributed by atoms with Crippen LogP contribution in [0.4, 0.5) is 0 Å². The van der Waals surface area contributed by atoms with Gasteiger partial charge in [-0.2, -0.15) is 0 Å². The van der Waals surface area contributed by atoms with Gasteiger partial charge in [-0.3, -0.25) is 0 Å². The summed E-state index contributed by atoms with van der Waals surface area (Å²) in [5.74, 6) is 1.88. The Kier molecular flexibility index (Phi) is 5.45. The molecule has 28 heavy (non-hydrogen) atoms. The molecule has 8 heteroatoms. The minimum absolute atomic E-state index is 0.0578. The molecular weight excluding hydrogens is 394 g/mol. The zero-order valence-corrected chi connectivity index (χ0v) is 17.0. The Morgan fingerprint density at radius 3 is 2.43 bits per heavy atom. The SMILES string of the molecule is CCn1c(S[C@@H](C)c2nnc(-c3ccccc3)o2)nnc1-c1ccc(Cl)cc1. The van der Waals surface area contributed by atoms with E-state index in [9.17, 15) is 0 Å². The molecule has 142 valence electrons. The van der Waals surface area contributed by atoms with Crippen LogP contribution < -0.4 is 0 Å². The molecule has 0 aliphatic heterocycles. The average molecular weight is 412 g/mol. The van der Waals surface area contributed by atoms with Crippen LogP contribution >= 0.6 is 23.4 Å². The van der Waals surface area contributed by atoms with Crippen LogP contribution in [0.15, 0.2) is 64.2 Å². The van der Waals surface area contributed by atoms with E-state index < -0.39 is 0 Å². The molecule has 0 spiro atoms. The molecule has 1 atom stereocenters. The zero-order valence-electron chi connectivity index (χ0n) is 15.4. The number of aromatic nitrogens is 5. The van der Waals surface area contributed by atoms with Crippen LogP contribution in [0.25, 0.3) is 22.8 Å². The summed E-state index contributed by atoms with van der Waals surface area (Å²) in [6, 6.07) is 17.3. The summed E-state index contributed by atoms with van der Waals surface area (Å²) < 4.78 is 7.93. The van der Waals surface area contributed by atoms with Crippen LogP contribution in [0.1, 0.15) is 25.0 Å². The lowest BCUT2D eigenvalue weighted by Crippen LogP contribution is -2.01. The van der Waals surface area contributed by atoms with Gasteiger partial charge in [-0.15, -0.1) is 20.4 Å². The maximum atomic E-state index is 5.99. The number of hydrogen-bond acceptors (Lipinski definition) is 6. The topological polar surface area (TPSA) is 69.6 Å². The first kappa shape index (κ1) is 18.7. The van der Waals surface area contributed by atoms with Crippen LogP contribution in [-0.2, 0) is 6.54 Å². The molecule has 2 heterocycles.